The van der Waals surface area contributed by atoms with E-state index in [0.717, 1.165) is 16.9 Å². The van der Waals surface area contributed by atoms with Crippen LogP contribution in [0, 0.1) is 12.8 Å². The number of hydrogen-bond donors (Lipinski definition) is 1. The summed E-state index contributed by atoms with van der Waals surface area (Å²) in [5, 5.41) is 3.67. The third-order valence-electron chi connectivity index (χ3n) is 5.77. The lowest BCUT2D eigenvalue weighted by Gasteiger charge is -2.32. The number of benzene rings is 3. The number of thioether (sulfide) groups is 1. The van der Waals surface area contributed by atoms with Gasteiger partial charge in [0.2, 0.25) is 11.8 Å². The zero-order valence-electron chi connectivity index (χ0n) is 21.2. The molecule has 0 aliphatic rings. The molecule has 6 heteroatoms. The first-order valence-electron chi connectivity index (χ1n) is 12.3. The van der Waals surface area contributed by atoms with Crippen LogP contribution in [0.4, 0.5) is 0 Å². The normalized spacial score (nSPS) is 11.8. The molecule has 0 saturated heterocycles. The van der Waals surface area contributed by atoms with Gasteiger partial charge in [0.1, 0.15) is 6.04 Å². The van der Waals surface area contributed by atoms with E-state index in [-0.39, 0.29) is 17.6 Å². The molecule has 0 unspecified atom stereocenters. The highest BCUT2D eigenvalue weighted by Crippen LogP contribution is 2.20. The lowest BCUT2D eigenvalue weighted by Crippen LogP contribution is -2.51. The molecule has 190 valence electrons. The number of halogens is 1. The molecule has 2 amide bonds. The summed E-state index contributed by atoms with van der Waals surface area (Å²) in [5.41, 5.74) is 4.30. The van der Waals surface area contributed by atoms with E-state index in [9.17, 15) is 9.59 Å². The van der Waals surface area contributed by atoms with Crippen molar-refractivity contribution >= 4 is 35.2 Å². The predicted octanol–water partition coefficient (Wildman–Crippen LogP) is 6.29. The van der Waals surface area contributed by atoms with Crippen LogP contribution in [0.15, 0.2) is 78.9 Å². The average molecular weight is 523 g/mol. The van der Waals surface area contributed by atoms with Crippen LogP contribution in [0.3, 0.4) is 0 Å². The van der Waals surface area contributed by atoms with E-state index < -0.39 is 6.04 Å². The lowest BCUT2D eigenvalue weighted by atomic mass is 10.0. The molecule has 0 aliphatic carbocycles. The van der Waals surface area contributed by atoms with Crippen molar-refractivity contribution in [3.05, 3.63) is 106 Å². The number of rotatable bonds is 12. The Bertz CT molecular complexity index is 1140. The zero-order valence-corrected chi connectivity index (χ0v) is 22.8. The molecule has 1 N–H and O–H groups in total. The molecular formula is C30H35ClN2O2S. The first-order chi connectivity index (χ1) is 17.3. The van der Waals surface area contributed by atoms with Crippen molar-refractivity contribution in [3.8, 4) is 0 Å². The lowest BCUT2D eigenvalue weighted by molar-refractivity contribution is -0.139. The van der Waals surface area contributed by atoms with E-state index in [1.807, 2.05) is 60.7 Å². The van der Waals surface area contributed by atoms with Crippen LogP contribution in [0.5, 0.6) is 0 Å². The molecule has 0 radical (unpaired) electrons. The van der Waals surface area contributed by atoms with Gasteiger partial charge in [0.25, 0.3) is 0 Å². The molecule has 0 aliphatic heterocycles. The van der Waals surface area contributed by atoms with Gasteiger partial charge in [-0.2, -0.15) is 0 Å². The standard InChI is InChI=1S/C30H35ClN2O2S/c1-22(2)18-32-30(35)28(17-24-10-5-4-6-11-24)33(19-25-12-8-14-27(31)16-25)29(34)21-36-20-26-13-7-9-23(3)15-26/h4-16,22,28H,17-21H2,1-3H3,(H,32,35)/t28-/m0/s1. The fraction of sp³-hybridized carbons (Fsp3) is 0.333. The van der Waals surface area contributed by atoms with Gasteiger partial charge in [-0.05, 0) is 41.7 Å². The Morgan fingerprint density at radius 3 is 2.31 bits per heavy atom. The Labute approximate surface area is 224 Å². The Hall–Kier alpha value is -2.76. The van der Waals surface area contributed by atoms with Crippen LogP contribution < -0.4 is 5.32 Å². The summed E-state index contributed by atoms with van der Waals surface area (Å²) in [5.74, 6) is 1.15. The molecule has 4 nitrogen and oxygen atoms in total. The van der Waals surface area contributed by atoms with Gasteiger partial charge in [-0.1, -0.05) is 97.7 Å². The molecule has 0 bridgehead atoms. The summed E-state index contributed by atoms with van der Waals surface area (Å²) in [7, 11) is 0. The number of nitrogens with one attached hydrogen (secondary N) is 1. The number of amides is 2. The summed E-state index contributed by atoms with van der Waals surface area (Å²) in [4.78, 5) is 28.8. The first kappa shape index (κ1) is 27.8. The highest BCUT2D eigenvalue weighted by atomic mass is 35.5. The second kappa shape index (κ2) is 14.1. The fourth-order valence-electron chi connectivity index (χ4n) is 3.95. The van der Waals surface area contributed by atoms with Crippen molar-refractivity contribution in [1.29, 1.82) is 0 Å². The van der Waals surface area contributed by atoms with E-state index in [0.29, 0.717) is 30.5 Å². The quantitative estimate of drug-likeness (QED) is 0.304. The minimum absolute atomic E-state index is 0.0618. The van der Waals surface area contributed by atoms with Crippen LogP contribution in [0.1, 0.15) is 36.1 Å². The maximum atomic E-state index is 13.7. The van der Waals surface area contributed by atoms with Crippen LogP contribution in [-0.2, 0) is 28.3 Å². The largest absolute Gasteiger partial charge is 0.354 e. The molecule has 36 heavy (non-hydrogen) atoms. The summed E-state index contributed by atoms with van der Waals surface area (Å²) in [6.07, 6.45) is 0.444. The van der Waals surface area contributed by atoms with Crippen molar-refractivity contribution in [2.24, 2.45) is 5.92 Å². The topological polar surface area (TPSA) is 49.4 Å². The number of nitrogens with zero attached hydrogens (tertiary/aromatic N) is 1. The SMILES string of the molecule is Cc1cccc(CSCC(=O)N(Cc2cccc(Cl)c2)[C@@H](Cc2ccccc2)C(=O)NCC(C)C)c1. The van der Waals surface area contributed by atoms with Gasteiger partial charge in [-0.3, -0.25) is 9.59 Å². The molecule has 3 aromatic rings. The maximum Gasteiger partial charge on any atom is 0.243 e. The molecule has 3 rings (SSSR count). The fourth-order valence-corrected chi connectivity index (χ4v) is 5.02. The van der Waals surface area contributed by atoms with Crippen LogP contribution in [0.2, 0.25) is 5.02 Å². The second-order valence-corrected chi connectivity index (χ2v) is 10.9. The average Bonchev–Trinajstić information content (AvgIpc) is 2.85. The van der Waals surface area contributed by atoms with Crippen molar-refractivity contribution in [3.63, 3.8) is 0 Å². The molecule has 0 saturated carbocycles. The van der Waals surface area contributed by atoms with Crippen molar-refractivity contribution in [1.82, 2.24) is 10.2 Å². The van der Waals surface area contributed by atoms with Crippen LogP contribution in [-0.4, -0.2) is 35.1 Å². The van der Waals surface area contributed by atoms with Crippen LogP contribution >= 0.6 is 23.4 Å². The number of carbonyl (C=O) groups is 2. The van der Waals surface area contributed by atoms with E-state index in [2.05, 4.69) is 44.3 Å². The van der Waals surface area contributed by atoms with Crippen molar-refractivity contribution < 1.29 is 9.59 Å². The van der Waals surface area contributed by atoms with Gasteiger partial charge in [-0.15, -0.1) is 11.8 Å². The highest BCUT2D eigenvalue weighted by molar-refractivity contribution is 7.99. The highest BCUT2D eigenvalue weighted by Gasteiger charge is 2.30. The molecule has 0 heterocycles. The van der Waals surface area contributed by atoms with E-state index >= 15 is 0 Å². The van der Waals surface area contributed by atoms with Gasteiger partial charge >= 0.3 is 0 Å². The van der Waals surface area contributed by atoms with Crippen LogP contribution in [0.25, 0.3) is 0 Å². The maximum absolute atomic E-state index is 13.7. The van der Waals surface area contributed by atoms with E-state index in [1.165, 1.54) is 11.1 Å². The van der Waals surface area contributed by atoms with Gasteiger partial charge < -0.3 is 10.2 Å². The molecule has 0 spiro atoms. The third kappa shape index (κ3) is 9.03. The minimum atomic E-state index is -0.628. The first-order valence-corrected chi connectivity index (χ1v) is 13.8. The summed E-state index contributed by atoms with van der Waals surface area (Å²) < 4.78 is 0. The molecule has 0 aromatic heterocycles. The van der Waals surface area contributed by atoms with Crippen molar-refractivity contribution in [2.75, 3.05) is 12.3 Å². The molecule has 3 aromatic carbocycles. The number of carbonyl (C=O) groups excluding carboxylic acids is 2. The van der Waals surface area contributed by atoms with Gasteiger partial charge in [0.05, 0.1) is 5.75 Å². The molecule has 1 atom stereocenters. The molecule has 0 fully saturated rings. The Balaban J connectivity index is 1.84. The summed E-state index contributed by atoms with van der Waals surface area (Å²) >= 11 is 7.81. The Morgan fingerprint density at radius 2 is 1.61 bits per heavy atom. The second-order valence-electron chi connectivity index (χ2n) is 9.48. The van der Waals surface area contributed by atoms with E-state index in [4.69, 9.17) is 11.6 Å². The Kier molecular flexibility index (Phi) is 10.9. The summed E-state index contributed by atoms with van der Waals surface area (Å²) in [6, 6.07) is 25.0. The summed E-state index contributed by atoms with van der Waals surface area (Å²) in [6.45, 7) is 7.06. The van der Waals surface area contributed by atoms with E-state index in [1.54, 1.807) is 16.7 Å². The zero-order chi connectivity index (χ0) is 25.9. The van der Waals surface area contributed by atoms with Gasteiger partial charge in [0, 0.05) is 30.3 Å². The molecular weight excluding hydrogens is 488 g/mol. The minimum Gasteiger partial charge on any atom is -0.354 e. The number of hydrogen-bond acceptors (Lipinski definition) is 3. The predicted molar refractivity (Wildman–Crippen MR) is 151 cm³/mol. The van der Waals surface area contributed by atoms with Crippen molar-refractivity contribution in [2.45, 2.75) is 45.5 Å². The van der Waals surface area contributed by atoms with Gasteiger partial charge in [0.15, 0.2) is 0 Å². The smallest absolute Gasteiger partial charge is 0.243 e. The number of aryl methyl sites for hydroxylation is 1. The Morgan fingerprint density at radius 1 is 0.917 bits per heavy atom. The van der Waals surface area contributed by atoms with Gasteiger partial charge in [-0.25, -0.2) is 0 Å². The third-order valence-corrected chi connectivity index (χ3v) is 7.00. The monoisotopic (exact) mass is 522 g/mol.